The molecule has 1 aliphatic heterocycles. The topological polar surface area (TPSA) is 62.7 Å². The van der Waals surface area contributed by atoms with Crippen LogP contribution in [-0.4, -0.2) is 41.9 Å². The van der Waals surface area contributed by atoms with Crippen molar-refractivity contribution in [3.63, 3.8) is 0 Å². The molecule has 0 radical (unpaired) electrons. The Bertz CT molecular complexity index is 474. The third-order valence-electron chi connectivity index (χ3n) is 3.12. The van der Waals surface area contributed by atoms with Gasteiger partial charge in [-0.3, -0.25) is 0 Å². The van der Waals surface area contributed by atoms with Gasteiger partial charge in [0.15, 0.2) is 0 Å². The van der Waals surface area contributed by atoms with Crippen LogP contribution in [0.15, 0.2) is 24.4 Å². The number of aliphatic carboxylic acids is 1. The van der Waals surface area contributed by atoms with Crippen molar-refractivity contribution in [2.45, 2.75) is 19.4 Å². The molecule has 1 aromatic heterocycles. The van der Waals surface area contributed by atoms with E-state index in [-0.39, 0.29) is 6.10 Å². The predicted octanol–water partition coefficient (Wildman–Crippen LogP) is 1.79. The highest BCUT2D eigenvalue weighted by Crippen LogP contribution is 2.21. The van der Waals surface area contributed by atoms with Crippen molar-refractivity contribution in [2.24, 2.45) is 0 Å². The standard InChI is InChI=1S/C14H18N2O3/c1-2-12-10-16(8-9-19-12)14-11(4-3-7-15-14)5-6-13(17)18/h3-7,12H,2,8-10H2,1H3,(H,17,18)/b6-5+. The molecule has 1 aromatic rings. The van der Waals surface area contributed by atoms with Gasteiger partial charge in [-0.2, -0.15) is 0 Å². The Labute approximate surface area is 112 Å². The predicted molar refractivity (Wildman–Crippen MR) is 73.2 cm³/mol. The third-order valence-corrected chi connectivity index (χ3v) is 3.12. The van der Waals surface area contributed by atoms with E-state index in [0.29, 0.717) is 6.61 Å². The normalized spacial score (nSPS) is 19.8. The fraction of sp³-hybridized carbons (Fsp3) is 0.429. The monoisotopic (exact) mass is 262 g/mol. The molecule has 19 heavy (non-hydrogen) atoms. The molecule has 5 heteroatoms. The largest absolute Gasteiger partial charge is 0.478 e. The lowest BCUT2D eigenvalue weighted by Gasteiger charge is -2.34. The fourth-order valence-corrected chi connectivity index (χ4v) is 2.12. The molecule has 5 nitrogen and oxygen atoms in total. The molecule has 1 unspecified atom stereocenters. The third kappa shape index (κ3) is 3.54. The number of ether oxygens (including phenoxy) is 1. The number of anilines is 1. The Kier molecular flexibility index (Phi) is 4.52. The van der Waals surface area contributed by atoms with E-state index in [9.17, 15) is 4.79 Å². The molecule has 2 heterocycles. The van der Waals surface area contributed by atoms with E-state index in [1.807, 2.05) is 12.1 Å². The Hall–Kier alpha value is -1.88. The maximum atomic E-state index is 10.6. The van der Waals surface area contributed by atoms with Crippen molar-refractivity contribution in [1.29, 1.82) is 0 Å². The van der Waals surface area contributed by atoms with Crippen LogP contribution < -0.4 is 4.90 Å². The van der Waals surface area contributed by atoms with Crippen LogP contribution in [0, 0.1) is 0 Å². The summed E-state index contributed by atoms with van der Waals surface area (Å²) in [6, 6.07) is 3.68. The lowest BCUT2D eigenvalue weighted by atomic mass is 10.1. The Morgan fingerprint density at radius 1 is 1.68 bits per heavy atom. The first-order valence-electron chi connectivity index (χ1n) is 6.43. The van der Waals surface area contributed by atoms with Crippen LogP contribution in [0.25, 0.3) is 6.08 Å². The molecule has 1 N–H and O–H groups in total. The van der Waals surface area contributed by atoms with Crippen molar-refractivity contribution in [2.75, 3.05) is 24.6 Å². The number of rotatable bonds is 4. The van der Waals surface area contributed by atoms with E-state index in [2.05, 4.69) is 16.8 Å². The van der Waals surface area contributed by atoms with Crippen molar-refractivity contribution in [3.8, 4) is 0 Å². The van der Waals surface area contributed by atoms with Gasteiger partial charge in [-0.15, -0.1) is 0 Å². The number of carboxylic acids is 1. The maximum absolute atomic E-state index is 10.6. The molecule has 0 amide bonds. The van der Waals surface area contributed by atoms with E-state index in [0.717, 1.165) is 37.0 Å². The molecule has 1 fully saturated rings. The number of hydrogen-bond donors (Lipinski definition) is 1. The van der Waals surface area contributed by atoms with Crippen LogP contribution in [0.5, 0.6) is 0 Å². The van der Waals surface area contributed by atoms with E-state index in [1.54, 1.807) is 12.3 Å². The first-order valence-corrected chi connectivity index (χ1v) is 6.43. The van der Waals surface area contributed by atoms with Crippen molar-refractivity contribution in [1.82, 2.24) is 4.98 Å². The second-order valence-corrected chi connectivity index (χ2v) is 4.43. The van der Waals surface area contributed by atoms with Gasteiger partial charge >= 0.3 is 5.97 Å². The Balaban J connectivity index is 2.21. The number of aromatic nitrogens is 1. The zero-order valence-corrected chi connectivity index (χ0v) is 11.0. The molecule has 0 saturated carbocycles. The summed E-state index contributed by atoms with van der Waals surface area (Å²) in [6.07, 6.45) is 5.62. The number of pyridine rings is 1. The Morgan fingerprint density at radius 2 is 2.53 bits per heavy atom. The summed E-state index contributed by atoms with van der Waals surface area (Å²) in [6.45, 7) is 4.35. The number of nitrogens with zero attached hydrogens (tertiary/aromatic N) is 2. The van der Waals surface area contributed by atoms with Crippen LogP contribution in [0.1, 0.15) is 18.9 Å². The van der Waals surface area contributed by atoms with Gasteiger partial charge in [-0.05, 0) is 24.6 Å². The smallest absolute Gasteiger partial charge is 0.328 e. The average molecular weight is 262 g/mol. The number of carboxylic acid groups (broad SMARTS) is 1. The highest BCUT2D eigenvalue weighted by molar-refractivity contribution is 5.86. The number of hydrogen-bond acceptors (Lipinski definition) is 4. The van der Waals surface area contributed by atoms with E-state index >= 15 is 0 Å². The molecule has 1 atom stereocenters. The quantitative estimate of drug-likeness (QED) is 0.838. The molecular weight excluding hydrogens is 244 g/mol. The van der Waals surface area contributed by atoms with E-state index in [4.69, 9.17) is 9.84 Å². The van der Waals surface area contributed by atoms with Crippen LogP contribution >= 0.6 is 0 Å². The second-order valence-electron chi connectivity index (χ2n) is 4.43. The van der Waals surface area contributed by atoms with E-state index in [1.165, 1.54) is 0 Å². The zero-order chi connectivity index (χ0) is 13.7. The van der Waals surface area contributed by atoms with Crippen LogP contribution in [0.3, 0.4) is 0 Å². The maximum Gasteiger partial charge on any atom is 0.328 e. The van der Waals surface area contributed by atoms with E-state index < -0.39 is 5.97 Å². The van der Waals surface area contributed by atoms with Gasteiger partial charge in [-0.1, -0.05) is 6.92 Å². The molecule has 1 saturated heterocycles. The lowest BCUT2D eigenvalue weighted by molar-refractivity contribution is -0.131. The summed E-state index contributed by atoms with van der Waals surface area (Å²) in [5.74, 6) is -0.134. The SMILES string of the molecule is CCC1CN(c2ncccc2/C=C/C(=O)O)CCO1. The second kappa shape index (κ2) is 6.33. The fourth-order valence-electron chi connectivity index (χ4n) is 2.12. The molecule has 102 valence electrons. The highest BCUT2D eigenvalue weighted by atomic mass is 16.5. The van der Waals surface area contributed by atoms with Crippen LogP contribution in [-0.2, 0) is 9.53 Å². The van der Waals surface area contributed by atoms with Crippen molar-refractivity contribution >= 4 is 17.9 Å². The highest BCUT2D eigenvalue weighted by Gasteiger charge is 2.21. The minimum atomic E-state index is -0.955. The molecule has 0 aromatic carbocycles. The first kappa shape index (κ1) is 13.5. The van der Waals surface area contributed by atoms with Gasteiger partial charge in [0.1, 0.15) is 5.82 Å². The van der Waals surface area contributed by atoms with Gasteiger partial charge in [0.05, 0.1) is 12.7 Å². The lowest BCUT2D eigenvalue weighted by Crippen LogP contribution is -2.42. The summed E-state index contributed by atoms with van der Waals surface area (Å²) < 4.78 is 5.64. The number of carbonyl (C=O) groups is 1. The molecule has 0 aliphatic carbocycles. The summed E-state index contributed by atoms with van der Waals surface area (Å²) in [5.41, 5.74) is 0.821. The molecule has 0 bridgehead atoms. The van der Waals surface area contributed by atoms with Gasteiger partial charge in [0, 0.05) is 30.9 Å². The Morgan fingerprint density at radius 3 is 3.26 bits per heavy atom. The van der Waals surface area contributed by atoms with Gasteiger partial charge in [-0.25, -0.2) is 9.78 Å². The van der Waals surface area contributed by atoms with Gasteiger partial charge < -0.3 is 14.7 Å². The first-order chi connectivity index (χ1) is 9.20. The minimum absolute atomic E-state index is 0.215. The average Bonchev–Trinajstić information content (AvgIpc) is 2.45. The molecule has 0 spiro atoms. The van der Waals surface area contributed by atoms with Gasteiger partial charge in [0.2, 0.25) is 0 Å². The van der Waals surface area contributed by atoms with Gasteiger partial charge in [0.25, 0.3) is 0 Å². The van der Waals surface area contributed by atoms with Crippen LogP contribution in [0.2, 0.25) is 0 Å². The zero-order valence-electron chi connectivity index (χ0n) is 11.0. The van der Waals surface area contributed by atoms with Crippen molar-refractivity contribution in [3.05, 3.63) is 30.0 Å². The molecular formula is C14H18N2O3. The minimum Gasteiger partial charge on any atom is -0.478 e. The van der Waals surface area contributed by atoms with Crippen LogP contribution in [0.4, 0.5) is 5.82 Å². The molecule has 1 aliphatic rings. The summed E-state index contributed by atoms with van der Waals surface area (Å²) in [4.78, 5) is 17.1. The van der Waals surface area contributed by atoms with Crippen molar-refractivity contribution < 1.29 is 14.6 Å². The number of morpholine rings is 1. The summed E-state index contributed by atoms with van der Waals surface area (Å²) in [5, 5.41) is 8.72. The summed E-state index contributed by atoms with van der Waals surface area (Å²) in [7, 11) is 0. The molecule has 2 rings (SSSR count). The summed E-state index contributed by atoms with van der Waals surface area (Å²) >= 11 is 0.